The summed E-state index contributed by atoms with van der Waals surface area (Å²) in [6.45, 7) is 2.14. The quantitative estimate of drug-likeness (QED) is 0.611. The summed E-state index contributed by atoms with van der Waals surface area (Å²) in [5.41, 5.74) is 4.50. The molecule has 2 aromatic carbocycles. The molecule has 25 heavy (non-hydrogen) atoms. The van der Waals surface area contributed by atoms with E-state index in [1.165, 1.54) is 5.56 Å². The summed E-state index contributed by atoms with van der Waals surface area (Å²) < 4.78 is 7.59. The largest absolute Gasteiger partial charge is 0.496 e. The van der Waals surface area contributed by atoms with Crippen LogP contribution in [0.2, 0.25) is 0 Å². The van der Waals surface area contributed by atoms with E-state index >= 15 is 0 Å². The minimum Gasteiger partial charge on any atom is -0.496 e. The molecule has 4 aromatic rings. The predicted molar refractivity (Wildman–Crippen MR) is 99.1 cm³/mol. The molecule has 1 atom stereocenters. The first-order valence-electron chi connectivity index (χ1n) is 8.43. The molecule has 0 aliphatic rings. The van der Waals surface area contributed by atoms with Crippen molar-refractivity contribution in [1.29, 1.82) is 0 Å². The standard InChI is InChI=1S/C21H20N2O2/c1-3-14-9-10-18-16(11-14)19(25-2)12-20-22-17(13-23(18)20)21(24)15-7-5-4-6-8-15/h4-13,21,24H,3H2,1-2H3. The summed E-state index contributed by atoms with van der Waals surface area (Å²) >= 11 is 0. The Bertz CT molecular complexity index is 1040. The molecule has 1 N–H and O–H groups in total. The van der Waals surface area contributed by atoms with Crippen LogP contribution in [0, 0.1) is 0 Å². The molecule has 0 bridgehead atoms. The first-order valence-corrected chi connectivity index (χ1v) is 8.43. The number of rotatable bonds is 4. The van der Waals surface area contributed by atoms with Gasteiger partial charge in [-0.25, -0.2) is 4.98 Å². The van der Waals surface area contributed by atoms with Crippen LogP contribution in [0.15, 0.2) is 60.8 Å². The monoisotopic (exact) mass is 332 g/mol. The highest BCUT2D eigenvalue weighted by Gasteiger charge is 2.16. The van der Waals surface area contributed by atoms with Gasteiger partial charge in [0.05, 0.1) is 18.3 Å². The van der Waals surface area contributed by atoms with Gasteiger partial charge in [0.15, 0.2) is 0 Å². The van der Waals surface area contributed by atoms with Crippen molar-refractivity contribution >= 4 is 16.6 Å². The number of methoxy groups -OCH3 is 1. The molecular weight excluding hydrogens is 312 g/mol. The number of nitrogens with zero attached hydrogens (tertiary/aromatic N) is 2. The number of hydrogen-bond acceptors (Lipinski definition) is 3. The summed E-state index contributed by atoms with van der Waals surface area (Å²) in [6.07, 6.45) is 2.12. The van der Waals surface area contributed by atoms with Crippen LogP contribution < -0.4 is 4.74 Å². The van der Waals surface area contributed by atoms with Gasteiger partial charge in [0.2, 0.25) is 0 Å². The summed E-state index contributed by atoms with van der Waals surface area (Å²) in [5, 5.41) is 11.7. The summed E-state index contributed by atoms with van der Waals surface area (Å²) in [6, 6.07) is 17.9. The fourth-order valence-corrected chi connectivity index (χ4v) is 3.22. The van der Waals surface area contributed by atoms with Crippen LogP contribution >= 0.6 is 0 Å². The van der Waals surface area contributed by atoms with E-state index in [4.69, 9.17) is 4.74 Å². The molecule has 0 amide bonds. The van der Waals surface area contributed by atoms with Crippen molar-refractivity contribution in [3.63, 3.8) is 0 Å². The number of hydrogen-bond donors (Lipinski definition) is 1. The zero-order valence-electron chi connectivity index (χ0n) is 14.3. The van der Waals surface area contributed by atoms with Gasteiger partial charge in [0, 0.05) is 17.6 Å². The van der Waals surface area contributed by atoms with E-state index < -0.39 is 6.10 Å². The van der Waals surface area contributed by atoms with Crippen molar-refractivity contribution in [2.75, 3.05) is 7.11 Å². The molecule has 1 unspecified atom stereocenters. The Hall–Kier alpha value is -2.85. The third-order valence-electron chi connectivity index (χ3n) is 4.62. The third kappa shape index (κ3) is 2.65. The number of benzene rings is 2. The van der Waals surface area contributed by atoms with E-state index in [1.807, 2.05) is 47.0 Å². The predicted octanol–water partition coefficient (Wildman–Crippen LogP) is 4.14. The van der Waals surface area contributed by atoms with Gasteiger partial charge in [-0.1, -0.05) is 43.3 Å². The fourth-order valence-electron chi connectivity index (χ4n) is 3.22. The van der Waals surface area contributed by atoms with E-state index in [0.29, 0.717) is 5.69 Å². The minimum absolute atomic E-state index is 0.625. The first kappa shape index (κ1) is 15.7. The Morgan fingerprint density at radius 3 is 2.64 bits per heavy atom. The van der Waals surface area contributed by atoms with Gasteiger partial charge in [0.25, 0.3) is 0 Å². The number of aryl methyl sites for hydroxylation is 1. The average molecular weight is 332 g/mol. The van der Waals surface area contributed by atoms with Crippen molar-refractivity contribution < 1.29 is 9.84 Å². The third-order valence-corrected chi connectivity index (χ3v) is 4.62. The van der Waals surface area contributed by atoms with Crippen LogP contribution in [0.1, 0.15) is 29.8 Å². The number of aliphatic hydroxyl groups is 1. The van der Waals surface area contributed by atoms with Crippen LogP contribution in [0.4, 0.5) is 0 Å². The highest BCUT2D eigenvalue weighted by Crippen LogP contribution is 2.31. The van der Waals surface area contributed by atoms with Crippen molar-refractivity contribution in [2.45, 2.75) is 19.4 Å². The molecule has 0 saturated carbocycles. The Morgan fingerprint density at radius 2 is 1.92 bits per heavy atom. The number of aliphatic hydroxyl groups excluding tert-OH is 1. The smallest absolute Gasteiger partial charge is 0.141 e. The molecule has 4 nitrogen and oxygen atoms in total. The minimum atomic E-state index is -0.753. The Morgan fingerprint density at radius 1 is 1.12 bits per heavy atom. The molecule has 2 aromatic heterocycles. The van der Waals surface area contributed by atoms with Gasteiger partial charge in [-0.3, -0.25) is 4.40 Å². The van der Waals surface area contributed by atoms with Gasteiger partial charge in [-0.05, 0) is 29.7 Å². The van der Waals surface area contributed by atoms with Crippen LogP contribution in [0.25, 0.3) is 16.6 Å². The molecule has 0 radical (unpaired) electrons. The maximum atomic E-state index is 10.7. The average Bonchev–Trinajstić information content (AvgIpc) is 3.11. The topological polar surface area (TPSA) is 46.8 Å². The number of fused-ring (bicyclic) bond motifs is 3. The van der Waals surface area contributed by atoms with E-state index in [0.717, 1.165) is 34.3 Å². The molecule has 4 heteroatoms. The van der Waals surface area contributed by atoms with Gasteiger partial charge < -0.3 is 9.84 Å². The van der Waals surface area contributed by atoms with Crippen LogP contribution in [0.5, 0.6) is 5.75 Å². The number of pyridine rings is 1. The second kappa shape index (κ2) is 6.22. The van der Waals surface area contributed by atoms with Crippen LogP contribution in [0.3, 0.4) is 0 Å². The lowest BCUT2D eigenvalue weighted by atomic mass is 10.1. The van der Waals surface area contributed by atoms with Crippen molar-refractivity contribution in [1.82, 2.24) is 9.38 Å². The van der Waals surface area contributed by atoms with Crippen LogP contribution in [-0.4, -0.2) is 21.6 Å². The number of ether oxygens (including phenoxy) is 1. The maximum absolute atomic E-state index is 10.7. The van der Waals surface area contributed by atoms with Crippen molar-refractivity contribution in [3.8, 4) is 5.75 Å². The molecule has 126 valence electrons. The highest BCUT2D eigenvalue weighted by atomic mass is 16.5. The van der Waals surface area contributed by atoms with Gasteiger partial charge in [0.1, 0.15) is 17.5 Å². The van der Waals surface area contributed by atoms with Crippen molar-refractivity contribution in [3.05, 3.63) is 77.6 Å². The molecule has 2 heterocycles. The lowest BCUT2D eigenvalue weighted by Crippen LogP contribution is -1.99. The van der Waals surface area contributed by atoms with Gasteiger partial charge in [-0.2, -0.15) is 0 Å². The van der Waals surface area contributed by atoms with E-state index in [1.54, 1.807) is 7.11 Å². The number of imidazole rings is 1. The Balaban J connectivity index is 1.92. The summed E-state index contributed by atoms with van der Waals surface area (Å²) in [4.78, 5) is 4.62. The second-order valence-corrected chi connectivity index (χ2v) is 6.12. The molecular formula is C21H20N2O2. The van der Waals surface area contributed by atoms with E-state index in [-0.39, 0.29) is 0 Å². The molecule has 0 spiro atoms. The Kier molecular flexibility index (Phi) is 3.90. The lowest BCUT2D eigenvalue weighted by Gasteiger charge is -2.09. The molecule has 0 aliphatic heterocycles. The SMILES string of the molecule is CCc1ccc2c(c1)c(OC)cc1nc(C(O)c3ccccc3)cn12. The molecule has 0 saturated heterocycles. The fraction of sp³-hybridized carbons (Fsp3) is 0.190. The van der Waals surface area contributed by atoms with E-state index in [9.17, 15) is 5.11 Å². The highest BCUT2D eigenvalue weighted by molar-refractivity contribution is 5.89. The van der Waals surface area contributed by atoms with E-state index in [2.05, 4.69) is 30.1 Å². The zero-order valence-corrected chi connectivity index (χ0v) is 14.3. The molecule has 0 fully saturated rings. The summed E-state index contributed by atoms with van der Waals surface area (Å²) in [5.74, 6) is 0.796. The first-order chi connectivity index (χ1) is 12.2. The normalized spacial score (nSPS) is 12.6. The number of aromatic nitrogens is 2. The lowest BCUT2D eigenvalue weighted by molar-refractivity contribution is 0.216. The van der Waals surface area contributed by atoms with Crippen LogP contribution in [-0.2, 0) is 6.42 Å². The summed E-state index contributed by atoms with van der Waals surface area (Å²) in [7, 11) is 1.67. The second-order valence-electron chi connectivity index (χ2n) is 6.12. The van der Waals surface area contributed by atoms with Gasteiger partial charge in [-0.15, -0.1) is 0 Å². The van der Waals surface area contributed by atoms with Gasteiger partial charge >= 0.3 is 0 Å². The Labute approximate surface area is 146 Å². The maximum Gasteiger partial charge on any atom is 0.141 e. The molecule has 4 rings (SSSR count). The zero-order chi connectivity index (χ0) is 17.4. The molecule has 0 aliphatic carbocycles. The van der Waals surface area contributed by atoms with Crippen molar-refractivity contribution in [2.24, 2.45) is 0 Å².